The van der Waals surface area contributed by atoms with Gasteiger partial charge in [-0.3, -0.25) is 14.4 Å². The molecule has 10 nitrogen and oxygen atoms in total. The molecule has 270 valence electrons. The van der Waals surface area contributed by atoms with Crippen molar-refractivity contribution >= 4 is 29.4 Å². The third-order valence-corrected chi connectivity index (χ3v) is 10.8. The van der Waals surface area contributed by atoms with Crippen molar-refractivity contribution in [3.8, 4) is 17.0 Å². The maximum Gasteiger partial charge on any atom is 0.335 e. The zero-order valence-corrected chi connectivity index (χ0v) is 30.3. The van der Waals surface area contributed by atoms with E-state index in [-0.39, 0.29) is 41.5 Å². The van der Waals surface area contributed by atoms with E-state index in [1.54, 1.807) is 53.2 Å². The number of anilines is 1. The van der Waals surface area contributed by atoms with Crippen LogP contribution in [0.25, 0.3) is 11.3 Å². The van der Waals surface area contributed by atoms with Crippen LogP contribution < -0.4 is 4.90 Å². The molecule has 2 aliphatic rings. The lowest BCUT2D eigenvalue weighted by Crippen LogP contribution is -2.43. The van der Waals surface area contributed by atoms with Crippen LogP contribution in [0.5, 0.6) is 5.75 Å². The summed E-state index contributed by atoms with van der Waals surface area (Å²) < 4.78 is 1.95. The number of carbonyl (C=O) groups is 4. The molecule has 2 aliphatic heterocycles. The fourth-order valence-electron chi connectivity index (χ4n) is 7.57. The van der Waals surface area contributed by atoms with E-state index in [9.17, 15) is 29.4 Å². The van der Waals surface area contributed by atoms with E-state index in [2.05, 4.69) is 25.1 Å². The fourth-order valence-corrected chi connectivity index (χ4v) is 7.57. The summed E-state index contributed by atoms with van der Waals surface area (Å²) in [5.41, 5.74) is 8.87. The quantitative estimate of drug-likeness (QED) is 0.202. The molecule has 0 bridgehead atoms. The number of carboxylic acid groups (broad SMARTS) is 1. The first-order valence-corrected chi connectivity index (χ1v) is 17.8. The number of rotatable bonds is 7. The highest BCUT2D eigenvalue weighted by Crippen LogP contribution is 2.36. The zero-order valence-electron chi connectivity index (χ0n) is 30.3. The lowest BCUT2D eigenvalue weighted by Gasteiger charge is -2.36. The molecule has 7 rings (SSSR count). The van der Waals surface area contributed by atoms with Crippen molar-refractivity contribution in [2.24, 2.45) is 7.05 Å². The molecule has 0 fully saturated rings. The van der Waals surface area contributed by atoms with Crippen molar-refractivity contribution in [2.75, 3.05) is 18.5 Å². The Bertz CT molecular complexity index is 2270. The number of hydrogen-bond donors (Lipinski definition) is 2. The SMILES string of the molecule is Cc1c(C(=O)N(C)c2ccc(O)cc2)cc(-c2cc3c(cc2C(=O)N2Cc4ccccc4C[C@H]2C)CN(C(=O)Cc2cccc(C(=O)O)c2)CC3)n1C. The highest BCUT2D eigenvalue weighted by Gasteiger charge is 2.32. The maximum atomic E-state index is 14.8. The van der Waals surface area contributed by atoms with Crippen molar-refractivity contribution in [1.29, 1.82) is 0 Å². The summed E-state index contributed by atoms with van der Waals surface area (Å²) in [6.45, 7) is 5.22. The van der Waals surface area contributed by atoms with Crippen LogP contribution >= 0.6 is 0 Å². The van der Waals surface area contributed by atoms with E-state index < -0.39 is 5.97 Å². The van der Waals surface area contributed by atoms with Crippen molar-refractivity contribution in [2.45, 2.75) is 52.2 Å². The first-order chi connectivity index (χ1) is 25.4. The summed E-state index contributed by atoms with van der Waals surface area (Å²) in [5.74, 6) is -1.38. The molecule has 0 radical (unpaired) electrons. The van der Waals surface area contributed by atoms with Gasteiger partial charge >= 0.3 is 5.97 Å². The number of fused-ring (bicyclic) bond motifs is 2. The molecule has 53 heavy (non-hydrogen) atoms. The molecule has 4 aromatic carbocycles. The van der Waals surface area contributed by atoms with Crippen LogP contribution in [0.15, 0.2) is 91.0 Å². The van der Waals surface area contributed by atoms with Gasteiger partial charge in [-0.05, 0) is 109 Å². The maximum absolute atomic E-state index is 14.8. The first-order valence-electron chi connectivity index (χ1n) is 17.8. The lowest BCUT2D eigenvalue weighted by molar-refractivity contribution is -0.131. The van der Waals surface area contributed by atoms with Gasteiger partial charge in [-0.15, -0.1) is 0 Å². The Labute approximate surface area is 308 Å². The van der Waals surface area contributed by atoms with Crippen molar-refractivity contribution in [3.63, 3.8) is 0 Å². The predicted molar refractivity (Wildman–Crippen MR) is 202 cm³/mol. The van der Waals surface area contributed by atoms with E-state index in [4.69, 9.17) is 0 Å². The molecule has 1 atom stereocenters. The Morgan fingerprint density at radius 1 is 0.830 bits per heavy atom. The Morgan fingerprint density at radius 2 is 1.57 bits per heavy atom. The van der Waals surface area contributed by atoms with Gasteiger partial charge in [0.15, 0.2) is 0 Å². The van der Waals surface area contributed by atoms with E-state index >= 15 is 0 Å². The third kappa shape index (κ3) is 6.80. The van der Waals surface area contributed by atoms with Gasteiger partial charge in [-0.1, -0.05) is 36.4 Å². The van der Waals surface area contributed by atoms with Gasteiger partial charge in [-0.2, -0.15) is 0 Å². The number of carboxylic acids is 1. The number of aromatic hydroxyl groups is 1. The molecule has 3 heterocycles. The first kappa shape index (κ1) is 35.3. The van der Waals surface area contributed by atoms with Crippen LogP contribution in [0.3, 0.4) is 0 Å². The molecule has 0 saturated heterocycles. The van der Waals surface area contributed by atoms with Crippen LogP contribution in [-0.4, -0.2) is 67.9 Å². The van der Waals surface area contributed by atoms with Crippen molar-refractivity contribution in [3.05, 3.63) is 141 Å². The minimum atomic E-state index is -1.04. The number of phenolic OH excluding ortho intramolecular Hbond substituents is 1. The molecule has 0 aliphatic carbocycles. The Balaban J connectivity index is 1.26. The number of benzene rings is 4. The second kappa shape index (κ2) is 14.1. The van der Waals surface area contributed by atoms with Gasteiger partial charge in [0.05, 0.1) is 17.5 Å². The average molecular weight is 711 g/mol. The minimum absolute atomic E-state index is 0.0489. The largest absolute Gasteiger partial charge is 0.508 e. The Hall–Kier alpha value is -6.16. The molecule has 5 aromatic rings. The monoisotopic (exact) mass is 710 g/mol. The van der Waals surface area contributed by atoms with E-state index in [1.807, 2.05) is 47.7 Å². The van der Waals surface area contributed by atoms with Crippen molar-refractivity contribution in [1.82, 2.24) is 14.4 Å². The van der Waals surface area contributed by atoms with Gasteiger partial charge in [0.25, 0.3) is 11.8 Å². The van der Waals surface area contributed by atoms with Crippen LogP contribution in [0.4, 0.5) is 5.69 Å². The van der Waals surface area contributed by atoms with Gasteiger partial charge in [-0.25, -0.2) is 4.79 Å². The second-order valence-electron chi connectivity index (χ2n) is 14.1. The Kier molecular flexibility index (Phi) is 9.38. The third-order valence-electron chi connectivity index (χ3n) is 10.8. The van der Waals surface area contributed by atoms with Crippen LogP contribution in [0.2, 0.25) is 0 Å². The smallest absolute Gasteiger partial charge is 0.335 e. The topological polar surface area (TPSA) is 123 Å². The summed E-state index contributed by atoms with van der Waals surface area (Å²) in [6.07, 6.45) is 1.38. The number of aromatic nitrogens is 1. The summed E-state index contributed by atoms with van der Waals surface area (Å²) in [6, 6.07) is 26.9. The number of aromatic carboxylic acids is 1. The second-order valence-corrected chi connectivity index (χ2v) is 14.1. The van der Waals surface area contributed by atoms with Crippen molar-refractivity contribution < 1.29 is 29.4 Å². The van der Waals surface area contributed by atoms with E-state index in [0.29, 0.717) is 48.4 Å². The van der Waals surface area contributed by atoms with Crippen LogP contribution in [0, 0.1) is 6.92 Å². The molecule has 3 amide bonds. The van der Waals surface area contributed by atoms with E-state index in [1.165, 1.54) is 17.7 Å². The standard InChI is InChI=1S/C43H42N4O6/c1-26-18-29-9-5-6-10-32(29)25-47(26)42(51)38-22-33-24-46(40(49)20-28-8-7-11-31(19-28)43(52)53)17-16-30(33)21-37(38)39-23-36(27(2)44(39)3)41(50)45(4)34-12-14-35(48)15-13-34/h5-15,19,21-23,26,48H,16-18,20,24-25H2,1-4H3,(H,52,53)/t26-/m1/s1. The number of carbonyl (C=O) groups excluding carboxylic acids is 3. The highest BCUT2D eigenvalue weighted by atomic mass is 16.4. The number of phenols is 1. The molecule has 10 heteroatoms. The summed E-state index contributed by atoms with van der Waals surface area (Å²) in [4.78, 5) is 59.0. The molecule has 1 aromatic heterocycles. The summed E-state index contributed by atoms with van der Waals surface area (Å²) in [5, 5.41) is 19.2. The van der Waals surface area contributed by atoms with Gasteiger partial charge in [0, 0.05) is 68.0 Å². The van der Waals surface area contributed by atoms with Gasteiger partial charge < -0.3 is 29.5 Å². The molecular formula is C43H42N4O6. The number of nitrogens with zero attached hydrogens (tertiary/aromatic N) is 4. The van der Waals surface area contributed by atoms with Gasteiger partial charge in [0.1, 0.15) is 5.75 Å². The minimum Gasteiger partial charge on any atom is -0.508 e. The summed E-state index contributed by atoms with van der Waals surface area (Å²) in [7, 11) is 3.59. The lowest BCUT2D eigenvalue weighted by atomic mass is 9.89. The highest BCUT2D eigenvalue weighted by molar-refractivity contribution is 6.08. The summed E-state index contributed by atoms with van der Waals surface area (Å²) >= 11 is 0. The Morgan fingerprint density at radius 3 is 2.30 bits per heavy atom. The zero-order chi connectivity index (χ0) is 37.6. The number of hydrogen-bond acceptors (Lipinski definition) is 5. The molecular weight excluding hydrogens is 668 g/mol. The molecule has 0 saturated carbocycles. The van der Waals surface area contributed by atoms with Crippen LogP contribution in [0.1, 0.15) is 71.5 Å². The van der Waals surface area contributed by atoms with Gasteiger partial charge in [0.2, 0.25) is 5.91 Å². The van der Waals surface area contributed by atoms with E-state index in [0.717, 1.165) is 40.1 Å². The fraction of sp³-hybridized carbons (Fsp3) is 0.256. The van der Waals surface area contributed by atoms with Crippen LogP contribution in [-0.2, 0) is 44.2 Å². The number of amides is 3. The predicted octanol–water partition coefficient (Wildman–Crippen LogP) is 6.40. The molecule has 0 spiro atoms. The molecule has 2 N–H and O–H groups in total. The normalized spacial score (nSPS) is 15.1. The average Bonchev–Trinajstić information content (AvgIpc) is 3.46. The molecule has 0 unspecified atom stereocenters.